The van der Waals surface area contributed by atoms with Crippen LogP contribution in [0.5, 0.6) is 0 Å². The van der Waals surface area contributed by atoms with E-state index < -0.39 is 6.04 Å². The summed E-state index contributed by atoms with van der Waals surface area (Å²) in [6, 6.07) is 19.0. The van der Waals surface area contributed by atoms with Crippen LogP contribution in [-0.4, -0.2) is 29.4 Å². The number of carbonyl (C=O) groups excluding carboxylic acids is 2. The molecule has 0 saturated heterocycles. The number of para-hydroxylation sites is 1. The van der Waals surface area contributed by atoms with Crippen molar-refractivity contribution in [2.24, 2.45) is 0 Å². The van der Waals surface area contributed by atoms with Gasteiger partial charge in [-0.15, -0.1) is 0 Å². The number of nitrogens with one attached hydrogen (secondary N) is 3. The zero-order valence-corrected chi connectivity index (χ0v) is 16.9. The Kier molecular flexibility index (Phi) is 7.62. The highest BCUT2D eigenvalue weighted by molar-refractivity contribution is 5.88. The highest BCUT2D eigenvalue weighted by Gasteiger charge is 2.20. The SMILES string of the molecule is N#CCCNC(=O)C(Cc1ccccc1)NC(=O)CCCc1c[nH]c2ccccc12. The van der Waals surface area contributed by atoms with E-state index in [0.29, 0.717) is 19.3 Å². The van der Waals surface area contributed by atoms with Gasteiger partial charge in [0.25, 0.3) is 0 Å². The summed E-state index contributed by atoms with van der Waals surface area (Å²) in [6.45, 7) is 0.275. The van der Waals surface area contributed by atoms with Crippen LogP contribution in [0.4, 0.5) is 0 Å². The minimum Gasteiger partial charge on any atom is -0.361 e. The van der Waals surface area contributed by atoms with Crippen molar-refractivity contribution in [1.82, 2.24) is 15.6 Å². The zero-order valence-electron chi connectivity index (χ0n) is 16.9. The van der Waals surface area contributed by atoms with Crippen LogP contribution < -0.4 is 10.6 Å². The van der Waals surface area contributed by atoms with Crippen LogP contribution in [-0.2, 0) is 22.4 Å². The fraction of sp³-hybridized carbons (Fsp3) is 0.292. The molecule has 0 fully saturated rings. The number of aromatic amines is 1. The summed E-state index contributed by atoms with van der Waals surface area (Å²) in [5.41, 5.74) is 3.25. The molecule has 6 nitrogen and oxygen atoms in total. The van der Waals surface area contributed by atoms with Gasteiger partial charge in [0, 0.05) is 36.5 Å². The number of aromatic nitrogens is 1. The molecular formula is C24H26N4O2. The van der Waals surface area contributed by atoms with Crippen LogP contribution in [0.15, 0.2) is 60.8 Å². The molecule has 30 heavy (non-hydrogen) atoms. The largest absolute Gasteiger partial charge is 0.361 e. The number of hydrogen-bond donors (Lipinski definition) is 3. The molecule has 2 amide bonds. The maximum absolute atomic E-state index is 12.5. The smallest absolute Gasteiger partial charge is 0.242 e. The molecule has 154 valence electrons. The van der Waals surface area contributed by atoms with E-state index in [-0.39, 0.29) is 24.8 Å². The molecule has 1 atom stereocenters. The first-order valence-electron chi connectivity index (χ1n) is 10.2. The van der Waals surface area contributed by atoms with E-state index in [4.69, 9.17) is 5.26 Å². The Balaban J connectivity index is 1.55. The summed E-state index contributed by atoms with van der Waals surface area (Å²) in [4.78, 5) is 28.3. The Bertz CT molecular complexity index is 1020. The maximum Gasteiger partial charge on any atom is 0.242 e. The summed E-state index contributed by atoms with van der Waals surface area (Å²) in [5, 5.41) is 15.4. The van der Waals surface area contributed by atoms with E-state index in [0.717, 1.165) is 17.5 Å². The maximum atomic E-state index is 12.5. The average Bonchev–Trinajstić information content (AvgIpc) is 3.17. The summed E-state index contributed by atoms with van der Waals surface area (Å²) in [6.07, 6.45) is 4.46. The number of hydrogen-bond acceptors (Lipinski definition) is 3. The van der Waals surface area contributed by atoms with Crippen molar-refractivity contribution in [3.05, 3.63) is 71.9 Å². The molecule has 0 bridgehead atoms. The number of carbonyl (C=O) groups is 2. The normalized spacial score (nSPS) is 11.6. The Morgan fingerprint density at radius 1 is 1.07 bits per heavy atom. The predicted molar refractivity (Wildman–Crippen MR) is 117 cm³/mol. The predicted octanol–water partition coefficient (Wildman–Crippen LogP) is 3.25. The number of fused-ring (bicyclic) bond motifs is 1. The summed E-state index contributed by atoms with van der Waals surface area (Å²) >= 11 is 0. The van der Waals surface area contributed by atoms with Crippen molar-refractivity contribution in [2.45, 2.75) is 38.1 Å². The second kappa shape index (κ2) is 10.8. The first-order valence-corrected chi connectivity index (χ1v) is 10.2. The molecule has 0 spiro atoms. The summed E-state index contributed by atoms with van der Waals surface area (Å²) in [7, 11) is 0. The molecule has 3 N–H and O–H groups in total. The van der Waals surface area contributed by atoms with Crippen LogP contribution in [0.25, 0.3) is 10.9 Å². The van der Waals surface area contributed by atoms with Gasteiger partial charge in [-0.3, -0.25) is 9.59 Å². The third kappa shape index (κ3) is 5.95. The van der Waals surface area contributed by atoms with E-state index >= 15 is 0 Å². The van der Waals surface area contributed by atoms with Crippen LogP contribution >= 0.6 is 0 Å². The second-order valence-electron chi connectivity index (χ2n) is 7.22. The molecule has 1 unspecified atom stereocenters. The van der Waals surface area contributed by atoms with Gasteiger partial charge in [0.2, 0.25) is 11.8 Å². The summed E-state index contributed by atoms with van der Waals surface area (Å²) < 4.78 is 0. The lowest BCUT2D eigenvalue weighted by atomic mass is 10.0. The van der Waals surface area contributed by atoms with Crippen LogP contribution in [0.2, 0.25) is 0 Å². The van der Waals surface area contributed by atoms with E-state index in [1.807, 2.05) is 60.8 Å². The molecule has 0 aliphatic rings. The quantitative estimate of drug-likeness (QED) is 0.454. The summed E-state index contributed by atoms with van der Waals surface area (Å²) in [5.74, 6) is -0.412. The van der Waals surface area contributed by atoms with Gasteiger partial charge in [-0.05, 0) is 30.0 Å². The average molecular weight is 402 g/mol. The van der Waals surface area contributed by atoms with Gasteiger partial charge in [0.15, 0.2) is 0 Å². The number of benzene rings is 2. The highest BCUT2D eigenvalue weighted by Crippen LogP contribution is 2.19. The number of nitrogens with zero attached hydrogens (tertiary/aromatic N) is 1. The first-order chi connectivity index (χ1) is 14.7. The van der Waals surface area contributed by atoms with Crippen LogP contribution in [0.1, 0.15) is 30.4 Å². The van der Waals surface area contributed by atoms with Gasteiger partial charge in [-0.25, -0.2) is 0 Å². The lowest BCUT2D eigenvalue weighted by molar-refractivity contribution is -0.129. The Morgan fingerprint density at radius 2 is 1.83 bits per heavy atom. The third-order valence-electron chi connectivity index (χ3n) is 5.00. The van der Waals surface area contributed by atoms with Crippen molar-refractivity contribution in [3.63, 3.8) is 0 Å². The van der Waals surface area contributed by atoms with Gasteiger partial charge in [-0.1, -0.05) is 48.5 Å². The molecule has 3 rings (SSSR count). The highest BCUT2D eigenvalue weighted by atomic mass is 16.2. The molecule has 3 aromatic rings. The van der Waals surface area contributed by atoms with Crippen molar-refractivity contribution in [3.8, 4) is 6.07 Å². The monoisotopic (exact) mass is 402 g/mol. The molecule has 1 aromatic heterocycles. The Morgan fingerprint density at radius 3 is 2.63 bits per heavy atom. The number of amides is 2. The van der Waals surface area contributed by atoms with Crippen molar-refractivity contribution in [1.29, 1.82) is 5.26 Å². The van der Waals surface area contributed by atoms with Crippen molar-refractivity contribution in [2.75, 3.05) is 6.54 Å². The standard InChI is InChI=1S/C24H26N4O2/c25-14-7-15-26-24(30)22(16-18-8-2-1-3-9-18)28-23(29)13-6-10-19-17-27-21-12-5-4-11-20(19)21/h1-5,8-9,11-12,17,22,27H,6-7,10,13,15-16H2,(H,26,30)(H,28,29). The minimum absolute atomic E-state index is 0.147. The van der Waals surface area contributed by atoms with Crippen LogP contribution in [0.3, 0.4) is 0 Å². The second-order valence-corrected chi connectivity index (χ2v) is 7.22. The van der Waals surface area contributed by atoms with Crippen LogP contribution in [0, 0.1) is 11.3 Å². The Hall–Kier alpha value is -3.59. The van der Waals surface area contributed by atoms with Gasteiger partial charge in [0.1, 0.15) is 6.04 Å². The molecule has 0 aliphatic heterocycles. The zero-order chi connectivity index (χ0) is 21.2. The number of rotatable bonds is 10. The lowest BCUT2D eigenvalue weighted by Crippen LogP contribution is -2.48. The fourth-order valence-electron chi connectivity index (χ4n) is 3.47. The van der Waals surface area contributed by atoms with E-state index in [2.05, 4.69) is 21.7 Å². The molecule has 1 heterocycles. The van der Waals surface area contributed by atoms with E-state index in [9.17, 15) is 9.59 Å². The van der Waals surface area contributed by atoms with Gasteiger partial charge >= 0.3 is 0 Å². The molecule has 2 aromatic carbocycles. The number of aryl methyl sites for hydroxylation is 1. The third-order valence-corrected chi connectivity index (χ3v) is 5.00. The van der Waals surface area contributed by atoms with Gasteiger partial charge in [0.05, 0.1) is 12.5 Å². The fourth-order valence-corrected chi connectivity index (χ4v) is 3.47. The minimum atomic E-state index is -0.660. The van der Waals surface area contributed by atoms with Gasteiger partial charge < -0.3 is 15.6 Å². The van der Waals surface area contributed by atoms with Crippen molar-refractivity contribution < 1.29 is 9.59 Å². The van der Waals surface area contributed by atoms with Gasteiger partial charge in [-0.2, -0.15) is 5.26 Å². The van der Waals surface area contributed by atoms with E-state index in [1.165, 1.54) is 10.9 Å². The topological polar surface area (TPSA) is 97.8 Å². The lowest BCUT2D eigenvalue weighted by Gasteiger charge is -2.18. The number of H-pyrrole nitrogens is 1. The molecule has 0 radical (unpaired) electrons. The molecule has 0 aliphatic carbocycles. The molecule has 0 saturated carbocycles. The Labute approximate surface area is 176 Å². The van der Waals surface area contributed by atoms with E-state index in [1.54, 1.807) is 0 Å². The first kappa shape index (κ1) is 21.1. The molecule has 6 heteroatoms. The number of nitriles is 1. The molecular weight excluding hydrogens is 376 g/mol. The van der Waals surface area contributed by atoms with Crippen molar-refractivity contribution >= 4 is 22.7 Å².